The zero-order chi connectivity index (χ0) is 16.6. The van der Waals surface area contributed by atoms with E-state index in [1.165, 1.54) is 16.9 Å². The van der Waals surface area contributed by atoms with Gasteiger partial charge in [-0.25, -0.2) is 9.07 Å². The summed E-state index contributed by atoms with van der Waals surface area (Å²) >= 11 is 0. The number of amides is 1. The van der Waals surface area contributed by atoms with Crippen molar-refractivity contribution in [2.45, 2.75) is 32.9 Å². The van der Waals surface area contributed by atoms with Crippen LogP contribution in [0.3, 0.4) is 0 Å². The van der Waals surface area contributed by atoms with Gasteiger partial charge in [0.05, 0.1) is 36.2 Å². The van der Waals surface area contributed by atoms with Crippen molar-refractivity contribution in [3.8, 4) is 5.69 Å². The van der Waals surface area contributed by atoms with Crippen LogP contribution in [0.4, 0.5) is 4.39 Å². The molecule has 0 spiro atoms. The molecule has 122 valence electrons. The Labute approximate surface area is 134 Å². The largest absolute Gasteiger partial charge is 0.375 e. The van der Waals surface area contributed by atoms with Crippen molar-refractivity contribution in [2.75, 3.05) is 13.2 Å². The van der Waals surface area contributed by atoms with Gasteiger partial charge >= 0.3 is 0 Å². The van der Waals surface area contributed by atoms with Crippen LogP contribution in [0.15, 0.2) is 30.5 Å². The number of hydrogen-bond donors (Lipinski definition) is 0. The molecule has 0 N–H and O–H groups in total. The minimum absolute atomic E-state index is 0.00918. The van der Waals surface area contributed by atoms with Crippen molar-refractivity contribution in [1.29, 1.82) is 0 Å². The highest BCUT2D eigenvalue weighted by atomic mass is 19.1. The predicted molar refractivity (Wildman–Crippen MR) is 84.2 cm³/mol. The first kappa shape index (κ1) is 15.7. The molecule has 2 unspecified atom stereocenters. The molecule has 1 aliphatic rings. The molecule has 2 heterocycles. The number of morpholine rings is 1. The van der Waals surface area contributed by atoms with Gasteiger partial charge in [-0.05, 0) is 32.9 Å². The summed E-state index contributed by atoms with van der Waals surface area (Å²) in [6.07, 6.45) is 1.52. The van der Waals surface area contributed by atoms with E-state index in [1.807, 2.05) is 13.8 Å². The Hall–Kier alpha value is -2.21. The van der Waals surface area contributed by atoms with Crippen LogP contribution in [0.25, 0.3) is 5.69 Å². The van der Waals surface area contributed by atoms with Gasteiger partial charge in [-0.2, -0.15) is 5.10 Å². The summed E-state index contributed by atoms with van der Waals surface area (Å²) in [4.78, 5) is 14.6. The van der Waals surface area contributed by atoms with Crippen molar-refractivity contribution in [1.82, 2.24) is 14.7 Å². The van der Waals surface area contributed by atoms with Crippen LogP contribution in [0.1, 0.15) is 29.9 Å². The molecule has 1 aromatic carbocycles. The van der Waals surface area contributed by atoms with Crippen LogP contribution in [0.5, 0.6) is 0 Å². The lowest BCUT2D eigenvalue weighted by molar-refractivity contribution is -0.0387. The molecule has 1 saturated heterocycles. The van der Waals surface area contributed by atoms with Gasteiger partial charge in [0.15, 0.2) is 0 Å². The summed E-state index contributed by atoms with van der Waals surface area (Å²) in [5.74, 6) is -0.459. The third-order valence-corrected chi connectivity index (χ3v) is 4.19. The van der Waals surface area contributed by atoms with E-state index >= 15 is 0 Å². The van der Waals surface area contributed by atoms with Gasteiger partial charge in [0.25, 0.3) is 5.91 Å². The summed E-state index contributed by atoms with van der Waals surface area (Å²) in [6.45, 7) is 6.75. The minimum atomic E-state index is -0.369. The average molecular weight is 317 g/mol. The molecule has 1 amide bonds. The summed E-state index contributed by atoms with van der Waals surface area (Å²) in [7, 11) is 0. The molecule has 0 bridgehead atoms. The van der Waals surface area contributed by atoms with E-state index in [1.54, 1.807) is 30.0 Å². The van der Waals surface area contributed by atoms with Gasteiger partial charge in [-0.15, -0.1) is 0 Å². The zero-order valence-corrected chi connectivity index (χ0v) is 13.5. The standard InChI is InChI=1S/C17H20FN3O2/c1-11-10-23-12(2)9-20(11)17(22)14-8-19-21(13(14)3)16-7-5-4-6-15(16)18/h4-8,11-12H,9-10H2,1-3H3. The molecule has 5 nitrogen and oxygen atoms in total. The van der Waals surface area contributed by atoms with Gasteiger partial charge in [-0.3, -0.25) is 4.79 Å². The highest BCUT2D eigenvalue weighted by Gasteiger charge is 2.30. The van der Waals surface area contributed by atoms with E-state index < -0.39 is 0 Å². The fraction of sp³-hybridized carbons (Fsp3) is 0.412. The SMILES string of the molecule is Cc1c(C(=O)N2CC(C)OCC2C)cnn1-c1ccccc1F. The number of benzene rings is 1. The van der Waals surface area contributed by atoms with E-state index in [9.17, 15) is 9.18 Å². The molecular weight excluding hydrogens is 297 g/mol. The molecule has 6 heteroatoms. The second-order valence-electron chi connectivity index (χ2n) is 5.96. The number of hydrogen-bond acceptors (Lipinski definition) is 3. The van der Waals surface area contributed by atoms with E-state index in [2.05, 4.69) is 5.10 Å². The van der Waals surface area contributed by atoms with E-state index in [0.717, 1.165) is 0 Å². The molecule has 2 aromatic rings. The Bertz CT molecular complexity index is 728. The highest BCUT2D eigenvalue weighted by molar-refractivity contribution is 5.95. The maximum atomic E-state index is 14.0. The Morgan fingerprint density at radius 3 is 2.83 bits per heavy atom. The molecule has 0 aliphatic carbocycles. The summed E-state index contributed by atoms with van der Waals surface area (Å²) in [5, 5.41) is 4.20. The van der Waals surface area contributed by atoms with Crippen molar-refractivity contribution in [3.63, 3.8) is 0 Å². The fourth-order valence-electron chi connectivity index (χ4n) is 2.83. The lowest BCUT2D eigenvalue weighted by Gasteiger charge is -2.36. The third-order valence-electron chi connectivity index (χ3n) is 4.19. The molecule has 3 rings (SSSR count). The molecule has 1 fully saturated rings. The first-order valence-corrected chi connectivity index (χ1v) is 7.71. The van der Waals surface area contributed by atoms with Crippen LogP contribution < -0.4 is 0 Å². The van der Waals surface area contributed by atoms with Crippen LogP contribution >= 0.6 is 0 Å². The maximum Gasteiger partial charge on any atom is 0.257 e. The van der Waals surface area contributed by atoms with Gasteiger partial charge < -0.3 is 9.64 Å². The normalized spacial score (nSPS) is 21.5. The van der Waals surface area contributed by atoms with Crippen LogP contribution in [-0.4, -0.2) is 45.9 Å². The van der Waals surface area contributed by atoms with E-state index in [4.69, 9.17) is 4.74 Å². The summed E-state index contributed by atoms with van der Waals surface area (Å²) < 4.78 is 21.0. The smallest absolute Gasteiger partial charge is 0.257 e. The summed E-state index contributed by atoms with van der Waals surface area (Å²) in [5.41, 5.74) is 1.47. The van der Waals surface area contributed by atoms with E-state index in [-0.39, 0.29) is 23.9 Å². The van der Waals surface area contributed by atoms with Crippen LogP contribution in [-0.2, 0) is 4.74 Å². The average Bonchev–Trinajstić information content (AvgIpc) is 2.91. The fourth-order valence-corrected chi connectivity index (χ4v) is 2.83. The Kier molecular flexibility index (Phi) is 4.17. The second kappa shape index (κ2) is 6.12. The molecule has 2 atom stereocenters. The number of ether oxygens (including phenoxy) is 1. The Morgan fingerprint density at radius 2 is 2.09 bits per heavy atom. The van der Waals surface area contributed by atoms with Crippen LogP contribution in [0, 0.1) is 12.7 Å². The molecule has 0 radical (unpaired) electrons. The first-order chi connectivity index (χ1) is 11.0. The lowest BCUT2D eigenvalue weighted by Crippen LogP contribution is -2.50. The number of nitrogens with zero attached hydrogens (tertiary/aromatic N) is 3. The third kappa shape index (κ3) is 2.86. The van der Waals surface area contributed by atoms with Crippen molar-refractivity contribution in [3.05, 3.63) is 47.5 Å². The Morgan fingerprint density at radius 1 is 1.35 bits per heavy atom. The quantitative estimate of drug-likeness (QED) is 0.855. The van der Waals surface area contributed by atoms with Gasteiger partial charge in [0.2, 0.25) is 0 Å². The van der Waals surface area contributed by atoms with E-state index in [0.29, 0.717) is 30.1 Å². The molecule has 0 saturated carbocycles. The van der Waals surface area contributed by atoms with Crippen molar-refractivity contribution in [2.24, 2.45) is 0 Å². The van der Waals surface area contributed by atoms with Gasteiger partial charge in [-0.1, -0.05) is 12.1 Å². The maximum absolute atomic E-state index is 14.0. The molecular formula is C17H20FN3O2. The number of para-hydroxylation sites is 1. The molecule has 23 heavy (non-hydrogen) atoms. The minimum Gasteiger partial charge on any atom is -0.375 e. The highest BCUT2D eigenvalue weighted by Crippen LogP contribution is 2.21. The summed E-state index contributed by atoms with van der Waals surface area (Å²) in [6, 6.07) is 6.40. The molecule has 1 aliphatic heterocycles. The molecule has 1 aromatic heterocycles. The topological polar surface area (TPSA) is 47.4 Å². The predicted octanol–water partition coefficient (Wildman–Crippen LogP) is 2.57. The zero-order valence-electron chi connectivity index (χ0n) is 13.5. The second-order valence-corrected chi connectivity index (χ2v) is 5.96. The van der Waals surface area contributed by atoms with Crippen molar-refractivity contribution >= 4 is 5.91 Å². The monoisotopic (exact) mass is 317 g/mol. The number of halogens is 1. The number of rotatable bonds is 2. The van der Waals surface area contributed by atoms with Gasteiger partial charge in [0.1, 0.15) is 11.5 Å². The van der Waals surface area contributed by atoms with Crippen LogP contribution in [0.2, 0.25) is 0 Å². The van der Waals surface area contributed by atoms with Gasteiger partial charge in [0, 0.05) is 6.54 Å². The lowest BCUT2D eigenvalue weighted by atomic mass is 10.1. The van der Waals surface area contributed by atoms with Crippen molar-refractivity contribution < 1.29 is 13.9 Å². The number of carbonyl (C=O) groups excluding carboxylic acids is 1. The first-order valence-electron chi connectivity index (χ1n) is 7.71. The Balaban J connectivity index is 1.93. The number of carbonyl (C=O) groups is 1. The number of aromatic nitrogens is 2.